The molecule has 7 nitrogen and oxygen atoms in total. The van der Waals surface area contributed by atoms with Crippen molar-refractivity contribution in [2.24, 2.45) is 0 Å². The number of piperazine rings is 1. The third-order valence-corrected chi connectivity index (χ3v) is 5.93. The number of aromatic amines is 1. The molecule has 162 valence electrons. The topological polar surface area (TPSA) is 81.3 Å². The molecular formula is C23H26FN5O2. The van der Waals surface area contributed by atoms with Crippen molar-refractivity contribution in [1.82, 2.24) is 25.3 Å². The van der Waals surface area contributed by atoms with Crippen LogP contribution < -0.4 is 5.32 Å². The Bertz CT molecular complexity index is 1070. The first-order chi connectivity index (χ1) is 14.9. The summed E-state index contributed by atoms with van der Waals surface area (Å²) in [5.41, 5.74) is 2.12. The standard InChI is InChI=1S/C23H26FN5O2/c1-15(17-7-9-18(24)10-8-17)25-22(30)16(2)28-11-13-29(14-12-28)23(31)21-19-5-3-4-6-20(19)26-27-21/h3-10,15-16H,11-14H2,1-2H3,(H,25,30)(H,26,27). The number of para-hydroxylation sites is 1. The highest BCUT2D eigenvalue weighted by atomic mass is 19.1. The molecule has 0 saturated carbocycles. The van der Waals surface area contributed by atoms with E-state index in [2.05, 4.69) is 20.4 Å². The van der Waals surface area contributed by atoms with E-state index in [0.29, 0.717) is 31.9 Å². The van der Waals surface area contributed by atoms with Gasteiger partial charge in [-0.1, -0.05) is 30.3 Å². The Balaban J connectivity index is 1.33. The molecular weight excluding hydrogens is 397 g/mol. The third-order valence-electron chi connectivity index (χ3n) is 5.93. The lowest BCUT2D eigenvalue weighted by Gasteiger charge is -2.37. The average molecular weight is 423 g/mol. The maximum absolute atomic E-state index is 13.1. The Kier molecular flexibility index (Phi) is 5.99. The second kappa shape index (κ2) is 8.85. The van der Waals surface area contributed by atoms with Crippen LogP contribution in [-0.2, 0) is 4.79 Å². The molecule has 3 aromatic rings. The Morgan fingerprint density at radius 2 is 1.71 bits per heavy atom. The molecule has 1 fully saturated rings. The summed E-state index contributed by atoms with van der Waals surface area (Å²) in [5.74, 6) is -0.486. The molecule has 2 unspecified atom stereocenters. The lowest BCUT2D eigenvalue weighted by molar-refractivity contribution is -0.127. The van der Waals surface area contributed by atoms with Gasteiger partial charge in [-0.3, -0.25) is 19.6 Å². The zero-order valence-corrected chi connectivity index (χ0v) is 17.6. The van der Waals surface area contributed by atoms with Crippen LogP contribution in [0.4, 0.5) is 4.39 Å². The first-order valence-electron chi connectivity index (χ1n) is 10.5. The van der Waals surface area contributed by atoms with Crippen LogP contribution in [0.25, 0.3) is 10.9 Å². The van der Waals surface area contributed by atoms with Crippen molar-refractivity contribution in [2.75, 3.05) is 26.2 Å². The maximum Gasteiger partial charge on any atom is 0.275 e. The minimum Gasteiger partial charge on any atom is -0.348 e. The van der Waals surface area contributed by atoms with Crippen LogP contribution in [-0.4, -0.2) is 64.0 Å². The highest BCUT2D eigenvalue weighted by Gasteiger charge is 2.29. The fourth-order valence-corrected chi connectivity index (χ4v) is 3.92. The molecule has 2 N–H and O–H groups in total. The van der Waals surface area contributed by atoms with Crippen molar-refractivity contribution in [2.45, 2.75) is 25.9 Å². The summed E-state index contributed by atoms with van der Waals surface area (Å²) in [4.78, 5) is 29.5. The molecule has 2 aromatic carbocycles. The molecule has 0 aliphatic carbocycles. The van der Waals surface area contributed by atoms with E-state index in [0.717, 1.165) is 16.5 Å². The Morgan fingerprint density at radius 1 is 1.03 bits per heavy atom. The second-order valence-electron chi connectivity index (χ2n) is 7.90. The fraction of sp³-hybridized carbons (Fsp3) is 0.348. The number of benzene rings is 2. The van der Waals surface area contributed by atoms with Gasteiger partial charge in [0.1, 0.15) is 5.82 Å². The van der Waals surface area contributed by atoms with Crippen LogP contribution in [0.5, 0.6) is 0 Å². The molecule has 2 heterocycles. The van der Waals surface area contributed by atoms with Crippen molar-refractivity contribution in [1.29, 1.82) is 0 Å². The summed E-state index contributed by atoms with van der Waals surface area (Å²) >= 11 is 0. The van der Waals surface area contributed by atoms with E-state index in [1.807, 2.05) is 38.1 Å². The van der Waals surface area contributed by atoms with Crippen LogP contribution in [0, 0.1) is 5.82 Å². The van der Waals surface area contributed by atoms with Gasteiger partial charge in [-0.2, -0.15) is 5.10 Å². The maximum atomic E-state index is 13.1. The molecule has 1 saturated heterocycles. The smallest absolute Gasteiger partial charge is 0.275 e. The molecule has 0 spiro atoms. The molecule has 1 aromatic heterocycles. The number of aromatic nitrogens is 2. The Morgan fingerprint density at radius 3 is 2.42 bits per heavy atom. The number of nitrogens with zero attached hydrogens (tertiary/aromatic N) is 3. The van der Waals surface area contributed by atoms with E-state index in [9.17, 15) is 14.0 Å². The summed E-state index contributed by atoms with van der Waals surface area (Å²) in [6.45, 7) is 6.02. The van der Waals surface area contributed by atoms with Gasteiger partial charge in [0.2, 0.25) is 5.91 Å². The molecule has 0 bridgehead atoms. The van der Waals surface area contributed by atoms with Crippen LogP contribution in [0.3, 0.4) is 0 Å². The van der Waals surface area contributed by atoms with Crippen molar-refractivity contribution in [3.8, 4) is 0 Å². The molecule has 31 heavy (non-hydrogen) atoms. The van der Waals surface area contributed by atoms with Gasteiger partial charge < -0.3 is 10.2 Å². The monoisotopic (exact) mass is 423 g/mol. The minimum absolute atomic E-state index is 0.0881. The number of hydrogen-bond acceptors (Lipinski definition) is 4. The number of fused-ring (bicyclic) bond motifs is 1. The third kappa shape index (κ3) is 4.44. The van der Waals surface area contributed by atoms with Gasteiger partial charge in [-0.05, 0) is 37.6 Å². The lowest BCUT2D eigenvalue weighted by atomic mass is 10.1. The summed E-state index contributed by atoms with van der Waals surface area (Å²) in [6, 6.07) is 13.2. The second-order valence-corrected chi connectivity index (χ2v) is 7.90. The van der Waals surface area contributed by atoms with Gasteiger partial charge in [0.25, 0.3) is 5.91 Å². The minimum atomic E-state index is -0.327. The van der Waals surface area contributed by atoms with E-state index >= 15 is 0 Å². The van der Waals surface area contributed by atoms with Crippen LogP contribution in [0.15, 0.2) is 48.5 Å². The molecule has 4 rings (SSSR count). The number of hydrogen-bond donors (Lipinski definition) is 2. The molecule has 1 aliphatic heterocycles. The number of nitrogens with one attached hydrogen (secondary N) is 2. The lowest BCUT2D eigenvalue weighted by Crippen LogP contribution is -2.55. The van der Waals surface area contributed by atoms with Crippen LogP contribution in [0.2, 0.25) is 0 Å². The predicted molar refractivity (Wildman–Crippen MR) is 116 cm³/mol. The Labute approximate surface area is 180 Å². The first kappa shape index (κ1) is 21.0. The number of rotatable bonds is 5. The largest absolute Gasteiger partial charge is 0.348 e. The summed E-state index contributed by atoms with van der Waals surface area (Å²) < 4.78 is 13.1. The van der Waals surface area contributed by atoms with Gasteiger partial charge >= 0.3 is 0 Å². The van der Waals surface area contributed by atoms with E-state index in [4.69, 9.17) is 0 Å². The van der Waals surface area contributed by atoms with E-state index in [-0.39, 0.29) is 29.7 Å². The van der Waals surface area contributed by atoms with Crippen LogP contribution in [0.1, 0.15) is 35.9 Å². The average Bonchev–Trinajstić information content (AvgIpc) is 3.22. The van der Waals surface area contributed by atoms with Gasteiger partial charge in [-0.25, -0.2) is 4.39 Å². The molecule has 8 heteroatoms. The number of halogens is 1. The van der Waals surface area contributed by atoms with Gasteiger partial charge in [-0.15, -0.1) is 0 Å². The van der Waals surface area contributed by atoms with Crippen molar-refractivity contribution < 1.29 is 14.0 Å². The molecule has 2 atom stereocenters. The van der Waals surface area contributed by atoms with Crippen molar-refractivity contribution in [3.63, 3.8) is 0 Å². The van der Waals surface area contributed by atoms with Crippen molar-refractivity contribution in [3.05, 3.63) is 65.6 Å². The predicted octanol–water partition coefficient (Wildman–Crippen LogP) is 2.73. The molecule has 2 amide bonds. The van der Waals surface area contributed by atoms with E-state index in [1.165, 1.54) is 12.1 Å². The summed E-state index contributed by atoms with van der Waals surface area (Å²) in [7, 11) is 0. The van der Waals surface area contributed by atoms with Gasteiger partial charge in [0.05, 0.1) is 17.6 Å². The normalized spacial score (nSPS) is 16.8. The molecule has 1 aliphatic rings. The number of carbonyl (C=O) groups excluding carboxylic acids is 2. The van der Waals surface area contributed by atoms with Gasteiger partial charge in [0, 0.05) is 31.6 Å². The number of amides is 2. The van der Waals surface area contributed by atoms with Crippen molar-refractivity contribution >= 4 is 22.7 Å². The van der Waals surface area contributed by atoms with Crippen LogP contribution >= 0.6 is 0 Å². The zero-order valence-electron chi connectivity index (χ0n) is 17.6. The quantitative estimate of drug-likeness (QED) is 0.661. The van der Waals surface area contributed by atoms with Gasteiger partial charge in [0.15, 0.2) is 5.69 Å². The first-order valence-corrected chi connectivity index (χ1v) is 10.5. The highest BCUT2D eigenvalue weighted by Crippen LogP contribution is 2.19. The highest BCUT2D eigenvalue weighted by molar-refractivity contribution is 6.04. The summed E-state index contributed by atoms with van der Waals surface area (Å²) in [6.07, 6.45) is 0. The fourth-order valence-electron chi connectivity index (χ4n) is 3.92. The van der Waals surface area contributed by atoms with E-state index in [1.54, 1.807) is 17.0 Å². The number of H-pyrrole nitrogens is 1. The summed E-state index contributed by atoms with van der Waals surface area (Å²) in [5, 5.41) is 10.9. The van der Waals surface area contributed by atoms with E-state index < -0.39 is 0 Å². The SMILES string of the molecule is CC(NC(=O)C(C)N1CCN(C(=O)c2n[nH]c3ccccc23)CC1)c1ccc(F)cc1. The zero-order chi connectivity index (χ0) is 22.0. The Hall–Kier alpha value is -3.26. The number of carbonyl (C=O) groups is 2. The molecule has 0 radical (unpaired) electrons.